The number of hydrogen-bond donors (Lipinski definition) is 3. The van der Waals surface area contributed by atoms with E-state index >= 15 is 0 Å². The largest absolute Gasteiger partial charge is 0.306 e. The molecule has 7 heavy (non-hydrogen) atoms. The zero-order chi connectivity index (χ0) is 4.74. The molecule has 2 aliphatic heterocycles. The average Bonchev–Trinajstić information content (AvgIpc) is 2.15. The topological polar surface area (TPSA) is 46.0 Å². The molecule has 2 rings (SSSR count). The summed E-state index contributed by atoms with van der Waals surface area (Å²) in [6.45, 7) is 3.37. The molecule has 0 amide bonds. The number of nitrogens with one attached hydrogen (secondary N) is 3. The first-order valence-corrected chi connectivity index (χ1v) is 2.62. The first kappa shape index (κ1) is 3.83. The molecule has 0 aromatic carbocycles. The van der Waals surface area contributed by atoms with E-state index in [0.717, 1.165) is 13.1 Å². The predicted octanol–water partition coefficient (Wildman–Crippen LogP) is -1.56. The van der Waals surface area contributed by atoms with Gasteiger partial charge >= 0.3 is 0 Å². The predicted molar refractivity (Wildman–Crippen MR) is 26.7 cm³/mol. The van der Waals surface area contributed by atoms with Crippen molar-refractivity contribution in [3.8, 4) is 0 Å². The molecule has 0 aromatic rings. The van der Waals surface area contributed by atoms with Crippen LogP contribution in [0.25, 0.3) is 0 Å². The Morgan fingerprint density at radius 1 is 1.00 bits per heavy atom. The summed E-state index contributed by atoms with van der Waals surface area (Å²) >= 11 is 0. The van der Waals surface area contributed by atoms with Crippen molar-refractivity contribution in [3.63, 3.8) is 0 Å². The maximum atomic E-state index is 3.28. The van der Waals surface area contributed by atoms with E-state index in [1.54, 1.807) is 0 Å². The van der Waals surface area contributed by atoms with Crippen LogP contribution in [0.15, 0.2) is 0 Å². The average molecular weight is 99.1 g/mol. The molecule has 3 nitrogen and oxygen atoms in total. The summed E-state index contributed by atoms with van der Waals surface area (Å²) in [6.07, 6.45) is 0. The lowest BCUT2D eigenvalue weighted by Gasteiger charge is -1.93. The summed E-state index contributed by atoms with van der Waals surface area (Å²) in [5.41, 5.74) is 6.60. The normalized spacial score (nSPS) is 34.3. The fourth-order valence-corrected chi connectivity index (χ4v) is 0.901. The van der Waals surface area contributed by atoms with Crippen LogP contribution in [0, 0.1) is 0 Å². The van der Waals surface area contributed by atoms with Gasteiger partial charge in [-0.15, -0.1) is 0 Å². The molecule has 0 bridgehead atoms. The molecule has 3 heteroatoms. The number of hydrazine groups is 1. The van der Waals surface area contributed by atoms with Gasteiger partial charge in [0.15, 0.2) is 0 Å². The highest BCUT2D eigenvalue weighted by atomic mass is 15.5. The van der Waals surface area contributed by atoms with Gasteiger partial charge in [-0.05, 0) is 0 Å². The summed E-state index contributed by atoms with van der Waals surface area (Å²) in [6, 6.07) is 0. The lowest BCUT2D eigenvalue weighted by atomic mass is 10.2. The molecule has 2 heterocycles. The Labute approximate surface area is 42.4 Å². The summed E-state index contributed by atoms with van der Waals surface area (Å²) < 4.78 is 0. The molecule has 0 atom stereocenters. The Bertz CT molecular complexity index is 78.9. The Hall–Kier alpha value is -0.120. The van der Waals surface area contributed by atoms with Gasteiger partial charge < -0.3 is 5.32 Å². The molecule has 2 saturated heterocycles. The van der Waals surface area contributed by atoms with Crippen LogP contribution < -0.4 is 16.2 Å². The van der Waals surface area contributed by atoms with Gasteiger partial charge in [0.1, 0.15) is 0 Å². The van der Waals surface area contributed by atoms with Gasteiger partial charge in [-0.3, -0.25) is 10.9 Å². The van der Waals surface area contributed by atoms with Crippen LogP contribution >= 0.6 is 0 Å². The van der Waals surface area contributed by atoms with Crippen molar-refractivity contribution in [2.75, 3.05) is 19.6 Å². The maximum Gasteiger partial charge on any atom is 0.0587 e. The molecule has 0 unspecified atom stereocenters. The molecule has 0 saturated carbocycles. The zero-order valence-electron chi connectivity index (χ0n) is 4.12. The lowest BCUT2D eigenvalue weighted by molar-refractivity contribution is 0.689. The van der Waals surface area contributed by atoms with Crippen LogP contribution in [0.3, 0.4) is 0 Å². The summed E-state index contributed by atoms with van der Waals surface area (Å²) in [5.74, 6) is 0. The van der Waals surface area contributed by atoms with E-state index in [0.29, 0.717) is 5.54 Å². The third-order valence-corrected chi connectivity index (χ3v) is 1.66. The van der Waals surface area contributed by atoms with Crippen molar-refractivity contribution >= 4 is 0 Å². The van der Waals surface area contributed by atoms with Crippen molar-refractivity contribution < 1.29 is 0 Å². The monoisotopic (exact) mass is 99.1 g/mol. The molecular weight excluding hydrogens is 90.1 g/mol. The van der Waals surface area contributed by atoms with Crippen molar-refractivity contribution in [1.82, 2.24) is 16.2 Å². The smallest absolute Gasteiger partial charge is 0.0587 e. The molecule has 0 aliphatic carbocycles. The van der Waals surface area contributed by atoms with Gasteiger partial charge in [0.2, 0.25) is 0 Å². The quantitative estimate of drug-likeness (QED) is 0.322. The highest BCUT2D eigenvalue weighted by Gasteiger charge is 2.44. The molecule has 40 valence electrons. The molecule has 1 spiro atoms. The highest BCUT2D eigenvalue weighted by Crippen LogP contribution is 2.15. The number of hydrogen-bond acceptors (Lipinski definition) is 3. The molecule has 2 fully saturated rings. The van der Waals surface area contributed by atoms with E-state index in [1.807, 2.05) is 0 Å². The van der Waals surface area contributed by atoms with E-state index in [-0.39, 0.29) is 0 Å². The molecule has 0 aromatic heterocycles. The van der Waals surface area contributed by atoms with Gasteiger partial charge in [-0.1, -0.05) is 0 Å². The molecule has 0 radical (unpaired) electrons. The fraction of sp³-hybridized carbons (Fsp3) is 1.00. The van der Waals surface area contributed by atoms with Crippen molar-refractivity contribution in [2.24, 2.45) is 0 Å². The van der Waals surface area contributed by atoms with Crippen LogP contribution in [-0.2, 0) is 0 Å². The molecule has 3 N–H and O–H groups in total. The van der Waals surface area contributed by atoms with Gasteiger partial charge in [0.25, 0.3) is 0 Å². The van der Waals surface area contributed by atoms with Gasteiger partial charge in [0, 0.05) is 19.6 Å². The van der Waals surface area contributed by atoms with Gasteiger partial charge in [-0.25, -0.2) is 0 Å². The minimum absolute atomic E-state index is 0.472. The minimum Gasteiger partial charge on any atom is -0.306 e. The molecular formula is C4H9N3. The van der Waals surface area contributed by atoms with E-state index in [1.165, 1.54) is 6.54 Å². The Kier molecular flexibility index (Phi) is 0.543. The number of rotatable bonds is 0. The van der Waals surface area contributed by atoms with Crippen molar-refractivity contribution in [1.29, 1.82) is 0 Å². The summed E-state index contributed by atoms with van der Waals surface area (Å²) in [4.78, 5) is 0. The van der Waals surface area contributed by atoms with Crippen LogP contribution in [0.2, 0.25) is 0 Å². The fourth-order valence-electron chi connectivity index (χ4n) is 0.901. The second-order valence-electron chi connectivity index (χ2n) is 2.34. The summed E-state index contributed by atoms with van der Waals surface area (Å²) in [7, 11) is 0. The minimum atomic E-state index is 0.472. The standard InChI is InChI=1S/C4H9N3/c1-4(5-1)2-6-7-3-4/h5-7H,1-3H2. The zero-order valence-corrected chi connectivity index (χ0v) is 4.12. The Balaban J connectivity index is 2.07. The van der Waals surface area contributed by atoms with Crippen LogP contribution in [-0.4, -0.2) is 25.2 Å². The third-order valence-electron chi connectivity index (χ3n) is 1.66. The van der Waals surface area contributed by atoms with E-state index in [4.69, 9.17) is 0 Å². The SMILES string of the molecule is C1NNCC12CN2. The van der Waals surface area contributed by atoms with Crippen molar-refractivity contribution in [3.05, 3.63) is 0 Å². The second kappa shape index (κ2) is 0.992. The second-order valence-corrected chi connectivity index (χ2v) is 2.34. The van der Waals surface area contributed by atoms with E-state index < -0.39 is 0 Å². The lowest BCUT2D eigenvalue weighted by Crippen LogP contribution is -2.21. The Morgan fingerprint density at radius 2 is 1.57 bits per heavy atom. The highest BCUT2D eigenvalue weighted by molar-refractivity contribution is 5.09. The van der Waals surface area contributed by atoms with E-state index in [2.05, 4.69) is 16.2 Å². The van der Waals surface area contributed by atoms with Crippen LogP contribution in [0.5, 0.6) is 0 Å². The summed E-state index contributed by atoms with van der Waals surface area (Å²) in [5, 5.41) is 3.28. The van der Waals surface area contributed by atoms with Crippen molar-refractivity contribution in [2.45, 2.75) is 5.54 Å². The first-order chi connectivity index (χ1) is 3.41. The van der Waals surface area contributed by atoms with Gasteiger partial charge in [0.05, 0.1) is 5.54 Å². The first-order valence-electron chi connectivity index (χ1n) is 2.62. The third kappa shape index (κ3) is 0.459. The van der Waals surface area contributed by atoms with Gasteiger partial charge in [-0.2, -0.15) is 0 Å². The Morgan fingerprint density at radius 3 is 1.86 bits per heavy atom. The molecule has 2 aliphatic rings. The van der Waals surface area contributed by atoms with Crippen LogP contribution in [0.1, 0.15) is 0 Å². The van der Waals surface area contributed by atoms with Crippen LogP contribution in [0.4, 0.5) is 0 Å². The van der Waals surface area contributed by atoms with E-state index in [9.17, 15) is 0 Å². The maximum absolute atomic E-state index is 3.28.